The highest BCUT2D eigenvalue weighted by Crippen LogP contribution is 2.32. The van der Waals surface area contributed by atoms with Crippen LogP contribution in [0, 0.1) is 11.6 Å². The van der Waals surface area contributed by atoms with Crippen LogP contribution in [0.3, 0.4) is 0 Å². The first-order chi connectivity index (χ1) is 21.2. The lowest BCUT2D eigenvalue weighted by atomic mass is 9.94. The number of thioether (sulfide) groups is 1. The fourth-order valence-corrected chi connectivity index (χ4v) is 5.68. The number of hydrogen-bond acceptors (Lipinski definition) is 3. The summed E-state index contributed by atoms with van der Waals surface area (Å²) in [5.74, 6) is -1.20. The van der Waals surface area contributed by atoms with Gasteiger partial charge in [-0.2, -0.15) is 0 Å². The highest BCUT2D eigenvalue weighted by atomic mass is 35.5. The number of aliphatic carboxylic acids is 1. The van der Waals surface area contributed by atoms with Gasteiger partial charge in [0, 0.05) is 10.6 Å². The summed E-state index contributed by atoms with van der Waals surface area (Å²) in [6.07, 6.45) is 2.13. The Morgan fingerprint density at radius 2 is 1.18 bits per heavy atom. The van der Waals surface area contributed by atoms with E-state index in [0.29, 0.717) is 11.5 Å². The third-order valence-corrected chi connectivity index (χ3v) is 8.49. The Hall–Kier alpha value is -3.81. The maximum atomic E-state index is 13.7. The maximum absolute atomic E-state index is 13.7. The van der Waals surface area contributed by atoms with E-state index in [0.717, 1.165) is 43.8 Å². The van der Waals surface area contributed by atoms with E-state index in [1.54, 1.807) is 48.2 Å². The molecule has 44 heavy (non-hydrogen) atoms. The third kappa shape index (κ3) is 7.82. The topological polar surface area (TPSA) is 46.5 Å². The Labute approximate surface area is 272 Å². The average Bonchev–Trinajstić information content (AvgIpc) is 3.03. The summed E-state index contributed by atoms with van der Waals surface area (Å²) in [6.45, 7) is 0. The predicted molar refractivity (Wildman–Crippen MR) is 176 cm³/mol. The lowest BCUT2D eigenvalue weighted by Crippen LogP contribution is -2.20. The van der Waals surface area contributed by atoms with Crippen LogP contribution in [-0.2, 0) is 4.79 Å². The van der Waals surface area contributed by atoms with Gasteiger partial charge in [0.15, 0.2) is 0 Å². The van der Waals surface area contributed by atoms with Crippen LogP contribution in [0.5, 0.6) is 5.75 Å². The quantitative estimate of drug-likeness (QED) is 0.119. The molecule has 9 heteroatoms. The van der Waals surface area contributed by atoms with E-state index in [4.69, 9.17) is 44.6 Å². The van der Waals surface area contributed by atoms with Gasteiger partial charge in [0.2, 0.25) is 0 Å². The number of carbonyl (C=O) groups is 1. The highest BCUT2D eigenvalue weighted by Gasteiger charge is 2.15. The molecule has 1 unspecified atom stereocenters. The predicted octanol–water partition coefficient (Wildman–Crippen LogP) is 10.9. The lowest BCUT2D eigenvalue weighted by Gasteiger charge is -2.12. The zero-order valence-corrected chi connectivity index (χ0v) is 25.9. The second kappa shape index (κ2) is 14.3. The minimum Gasteiger partial charge on any atom is -0.478 e. The second-order valence-electron chi connectivity index (χ2n) is 9.58. The first kappa shape index (κ1) is 31.6. The number of alkyl halides is 1. The fourth-order valence-electron chi connectivity index (χ4n) is 4.44. The molecule has 222 valence electrons. The van der Waals surface area contributed by atoms with Crippen LogP contribution in [0.15, 0.2) is 120 Å². The zero-order valence-electron chi connectivity index (χ0n) is 22.8. The van der Waals surface area contributed by atoms with Crippen molar-refractivity contribution in [3.8, 4) is 28.0 Å². The van der Waals surface area contributed by atoms with E-state index in [1.165, 1.54) is 12.1 Å². The normalized spacial score (nSPS) is 11.6. The monoisotopic (exact) mass is 666 g/mol. The number of carboxylic acids is 1. The molecule has 0 radical (unpaired) electrons. The van der Waals surface area contributed by atoms with E-state index in [1.807, 2.05) is 60.7 Å². The number of ether oxygens (including phenoxy) is 1. The van der Waals surface area contributed by atoms with E-state index >= 15 is 0 Å². The molecule has 5 aromatic carbocycles. The fraction of sp³-hybridized carbons (Fsp3) is 0.0571. The van der Waals surface area contributed by atoms with Crippen molar-refractivity contribution in [3.63, 3.8) is 0 Å². The molecule has 0 aromatic heterocycles. The summed E-state index contributed by atoms with van der Waals surface area (Å²) in [4.78, 5) is 11.9. The maximum Gasteiger partial charge on any atom is 0.360 e. The van der Waals surface area contributed by atoms with Crippen molar-refractivity contribution < 1.29 is 23.4 Å². The van der Waals surface area contributed by atoms with Gasteiger partial charge in [0.1, 0.15) is 17.4 Å². The van der Waals surface area contributed by atoms with Crippen molar-refractivity contribution >= 4 is 58.1 Å². The molecule has 0 saturated heterocycles. The largest absolute Gasteiger partial charge is 0.478 e. The first-order valence-electron chi connectivity index (χ1n) is 13.3. The van der Waals surface area contributed by atoms with Crippen LogP contribution in [0.25, 0.3) is 27.8 Å². The Morgan fingerprint density at radius 1 is 0.727 bits per heavy atom. The van der Waals surface area contributed by atoms with Crippen LogP contribution in [0.1, 0.15) is 11.1 Å². The molecular formula is C35H23Cl3F2O3S. The number of rotatable bonds is 10. The SMILES string of the molecule is O=C(O)C(Cl)Oc1ccc(SCC=C(c2ccc(-c3ccc(F)c(Cl)c3)cc2)c2ccc(-c3ccc(F)c(Cl)c3)cc2)cc1. The van der Waals surface area contributed by atoms with Gasteiger partial charge in [-0.25, -0.2) is 13.6 Å². The van der Waals surface area contributed by atoms with Crippen LogP contribution < -0.4 is 4.74 Å². The second-order valence-corrected chi connectivity index (χ2v) is 11.9. The van der Waals surface area contributed by atoms with Gasteiger partial charge in [-0.15, -0.1) is 11.8 Å². The van der Waals surface area contributed by atoms with Gasteiger partial charge < -0.3 is 9.84 Å². The van der Waals surface area contributed by atoms with Gasteiger partial charge in [-0.05, 0) is 87.5 Å². The standard InChI is InChI=1S/C35H23Cl3F2O3S/c36-30-19-25(9-15-32(30)39)21-1-5-23(6-2-21)29(17-18-44-28-13-11-27(12-14-28)43-34(38)35(41)42)24-7-3-22(4-8-24)26-10-16-33(40)31(37)20-26/h1-17,19-20,34H,18H2,(H,41,42). The lowest BCUT2D eigenvalue weighted by molar-refractivity contribution is -0.141. The molecule has 0 saturated carbocycles. The van der Waals surface area contributed by atoms with Gasteiger partial charge in [-0.1, -0.05) is 102 Å². The number of carboxylic acid groups (broad SMARTS) is 1. The van der Waals surface area contributed by atoms with Crippen LogP contribution in [0.2, 0.25) is 10.0 Å². The molecule has 3 nitrogen and oxygen atoms in total. The van der Waals surface area contributed by atoms with Crippen LogP contribution in [-0.4, -0.2) is 22.4 Å². The van der Waals surface area contributed by atoms with Gasteiger partial charge in [0.25, 0.3) is 5.56 Å². The third-order valence-electron chi connectivity index (χ3n) is 6.69. The van der Waals surface area contributed by atoms with E-state index in [-0.39, 0.29) is 10.0 Å². The van der Waals surface area contributed by atoms with Crippen molar-refractivity contribution in [2.24, 2.45) is 0 Å². The molecule has 0 aliphatic rings. The Morgan fingerprint density at radius 3 is 1.61 bits per heavy atom. The van der Waals surface area contributed by atoms with Gasteiger partial charge in [-0.3, -0.25) is 0 Å². The van der Waals surface area contributed by atoms with E-state index in [2.05, 4.69) is 6.08 Å². The summed E-state index contributed by atoms with van der Waals surface area (Å²) in [5.41, 5.74) is 4.91. The van der Waals surface area contributed by atoms with Crippen LogP contribution >= 0.6 is 46.6 Å². The van der Waals surface area contributed by atoms with E-state index in [9.17, 15) is 13.6 Å². The molecule has 0 heterocycles. The summed E-state index contributed by atoms with van der Waals surface area (Å²) in [5, 5.41) is 9.07. The van der Waals surface area contributed by atoms with Gasteiger partial charge in [0.05, 0.1) is 10.0 Å². The molecule has 0 aliphatic heterocycles. The van der Waals surface area contributed by atoms with Crippen molar-refractivity contribution in [3.05, 3.63) is 148 Å². The first-order valence-corrected chi connectivity index (χ1v) is 15.4. The minimum absolute atomic E-state index is 0.0654. The Kier molecular flexibility index (Phi) is 10.3. The molecular weight excluding hydrogens is 645 g/mol. The van der Waals surface area contributed by atoms with Crippen molar-refractivity contribution in [2.75, 3.05) is 5.75 Å². The molecule has 0 fully saturated rings. The molecule has 0 spiro atoms. The number of hydrogen-bond donors (Lipinski definition) is 1. The summed E-state index contributed by atoms with van der Waals surface area (Å²) >= 11 is 19.3. The van der Waals surface area contributed by atoms with Crippen molar-refractivity contribution in [1.82, 2.24) is 0 Å². The number of halogens is 5. The number of benzene rings is 5. The minimum atomic E-state index is -1.46. The molecule has 5 rings (SSSR count). The van der Waals surface area contributed by atoms with Crippen molar-refractivity contribution in [1.29, 1.82) is 0 Å². The zero-order chi connectivity index (χ0) is 31.2. The Balaban J connectivity index is 1.40. The molecule has 5 aromatic rings. The van der Waals surface area contributed by atoms with Crippen molar-refractivity contribution in [2.45, 2.75) is 10.5 Å². The Bertz CT molecular complexity index is 1710. The summed E-state index contributed by atoms with van der Waals surface area (Å²) in [6, 6.07) is 32.2. The van der Waals surface area contributed by atoms with E-state index < -0.39 is 23.2 Å². The smallest absolute Gasteiger partial charge is 0.360 e. The summed E-state index contributed by atoms with van der Waals surface area (Å²) < 4.78 is 32.6. The highest BCUT2D eigenvalue weighted by molar-refractivity contribution is 7.99. The average molecular weight is 668 g/mol. The summed E-state index contributed by atoms with van der Waals surface area (Å²) in [7, 11) is 0. The molecule has 0 amide bonds. The molecule has 1 atom stereocenters. The molecule has 1 N–H and O–H groups in total. The van der Waals surface area contributed by atoms with Crippen LogP contribution in [0.4, 0.5) is 8.78 Å². The molecule has 0 bridgehead atoms. The van der Waals surface area contributed by atoms with Gasteiger partial charge >= 0.3 is 5.97 Å². The molecule has 0 aliphatic carbocycles.